The van der Waals surface area contributed by atoms with Gasteiger partial charge in [0, 0.05) is 76.1 Å². The quantitative estimate of drug-likeness (QED) is 0.378. The maximum absolute atomic E-state index is 13.3. The number of carbonyl (C=O) groups is 3. The van der Waals surface area contributed by atoms with Gasteiger partial charge in [0.2, 0.25) is 0 Å². The van der Waals surface area contributed by atoms with E-state index in [9.17, 15) is 14.4 Å². The first kappa shape index (κ1) is 30.1. The number of likely N-dealkylation sites (tertiary alicyclic amines) is 2. The molecule has 1 spiro atoms. The van der Waals surface area contributed by atoms with Crippen molar-refractivity contribution in [1.29, 1.82) is 0 Å². The van der Waals surface area contributed by atoms with E-state index in [1.54, 1.807) is 6.92 Å². The first-order valence-electron chi connectivity index (χ1n) is 16.3. The summed E-state index contributed by atoms with van der Waals surface area (Å²) in [6, 6.07) is 6.53. The van der Waals surface area contributed by atoms with E-state index < -0.39 is 5.60 Å². The normalized spacial score (nSPS) is 24.5. The SMILES string of the molecule is CC(=O)CCCC1CN(CC2CCCCC2)C(=O)OC12CCN(C1CCN(C(=O)c3c(C)cccc3C)CC1)CC2. The van der Waals surface area contributed by atoms with Gasteiger partial charge in [-0.15, -0.1) is 0 Å². The molecule has 1 aromatic carbocycles. The Morgan fingerprint density at radius 1 is 0.951 bits per heavy atom. The van der Waals surface area contributed by atoms with Gasteiger partial charge in [-0.25, -0.2) is 4.79 Å². The molecule has 3 saturated heterocycles. The summed E-state index contributed by atoms with van der Waals surface area (Å²) in [6.07, 6.45) is 12.3. The van der Waals surface area contributed by atoms with E-state index in [-0.39, 0.29) is 23.7 Å². The molecule has 7 heteroatoms. The Morgan fingerprint density at radius 2 is 1.61 bits per heavy atom. The lowest BCUT2D eigenvalue weighted by Crippen LogP contribution is -2.61. The molecule has 5 rings (SSSR count). The molecule has 41 heavy (non-hydrogen) atoms. The van der Waals surface area contributed by atoms with E-state index in [1.807, 2.05) is 41.8 Å². The Hall–Kier alpha value is -2.41. The third kappa shape index (κ3) is 6.98. The summed E-state index contributed by atoms with van der Waals surface area (Å²) in [5.41, 5.74) is 2.55. The van der Waals surface area contributed by atoms with Gasteiger partial charge < -0.3 is 19.3 Å². The molecule has 0 aromatic heterocycles. The summed E-state index contributed by atoms with van der Waals surface area (Å²) >= 11 is 0. The average molecular weight is 566 g/mol. The molecule has 1 saturated carbocycles. The molecule has 1 aromatic rings. The smallest absolute Gasteiger partial charge is 0.410 e. The van der Waals surface area contributed by atoms with Crippen molar-refractivity contribution in [2.24, 2.45) is 11.8 Å². The minimum Gasteiger partial charge on any atom is -0.442 e. The highest BCUT2D eigenvalue weighted by molar-refractivity contribution is 5.97. The zero-order valence-electron chi connectivity index (χ0n) is 25.7. The zero-order valence-corrected chi connectivity index (χ0v) is 25.7. The first-order valence-corrected chi connectivity index (χ1v) is 16.3. The van der Waals surface area contributed by atoms with Crippen LogP contribution in [0.25, 0.3) is 0 Å². The molecule has 4 fully saturated rings. The fourth-order valence-corrected chi connectivity index (χ4v) is 8.13. The summed E-state index contributed by atoms with van der Waals surface area (Å²) < 4.78 is 6.42. The third-order valence-corrected chi connectivity index (χ3v) is 10.6. The van der Waals surface area contributed by atoms with Gasteiger partial charge in [-0.05, 0) is 76.3 Å². The molecule has 1 aliphatic carbocycles. The van der Waals surface area contributed by atoms with Gasteiger partial charge >= 0.3 is 6.09 Å². The van der Waals surface area contributed by atoms with Gasteiger partial charge in [-0.1, -0.05) is 37.5 Å². The van der Waals surface area contributed by atoms with E-state index in [4.69, 9.17) is 4.74 Å². The number of rotatable bonds is 8. The van der Waals surface area contributed by atoms with Crippen molar-refractivity contribution in [3.8, 4) is 0 Å². The lowest BCUT2D eigenvalue weighted by molar-refractivity contribution is -0.129. The molecular weight excluding hydrogens is 514 g/mol. The summed E-state index contributed by atoms with van der Waals surface area (Å²) in [6.45, 7) is 10.7. The monoisotopic (exact) mass is 565 g/mol. The van der Waals surface area contributed by atoms with Crippen molar-refractivity contribution in [3.05, 3.63) is 34.9 Å². The largest absolute Gasteiger partial charge is 0.442 e. The van der Waals surface area contributed by atoms with Gasteiger partial charge in [0.25, 0.3) is 5.91 Å². The second-order valence-corrected chi connectivity index (χ2v) is 13.5. The maximum Gasteiger partial charge on any atom is 0.410 e. The Balaban J connectivity index is 1.18. The minimum absolute atomic E-state index is 0.120. The van der Waals surface area contributed by atoms with Gasteiger partial charge in [0.1, 0.15) is 11.4 Å². The van der Waals surface area contributed by atoms with Crippen molar-refractivity contribution in [2.75, 3.05) is 39.3 Å². The molecule has 1 atom stereocenters. The Bertz CT molecular complexity index is 1060. The summed E-state index contributed by atoms with van der Waals surface area (Å²) in [7, 11) is 0. The van der Waals surface area contributed by atoms with Crippen LogP contribution in [0.3, 0.4) is 0 Å². The number of carbonyl (C=O) groups excluding carboxylic acids is 3. The molecular formula is C34H51N3O4. The van der Waals surface area contributed by atoms with E-state index in [0.717, 1.165) is 94.5 Å². The standard InChI is InChI=1S/C34H51N3O4/c1-25-9-7-10-26(2)31(25)32(39)36-19-15-30(16-20-36)35-21-17-34(18-22-35)29(14-8-11-27(3)38)24-37(33(40)41-34)23-28-12-5-4-6-13-28/h7,9-10,28-30H,4-6,8,11-24H2,1-3H3. The Labute approximate surface area is 247 Å². The number of nitrogens with zero attached hydrogens (tertiary/aromatic N) is 3. The fourth-order valence-electron chi connectivity index (χ4n) is 8.13. The number of ketones is 1. The highest BCUT2D eigenvalue weighted by Crippen LogP contribution is 2.42. The predicted octanol–water partition coefficient (Wildman–Crippen LogP) is 6.15. The summed E-state index contributed by atoms with van der Waals surface area (Å²) in [4.78, 5) is 44.9. The maximum atomic E-state index is 13.3. The number of Topliss-reactive ketones (excluding diaryl/α,β-unsaturated/α-hetero) is 1. The molecule has 226 valence electrons. The lowest BCUT2D eigenvalue weighted by atomic mass is 9.75. The van der Waals surface area contributed by atoms with Crippen molar-refractivity contribution in [2.45, 2.75) is 109 Å². The van der Waals surface area contributed by atoms with Crippen LogP contribution in [-0.2, 0) is 9.53 Å². The van der Waals surface area contributed by atoms with E-state index in [2.05, 4.69) is 4.90 Å². The molecule has 1 unspecified atom stereocenters. The number of aryl methyl sites for hydroxylation is 2. The van der Waals surface area contributed by atoms with E-state index in [0.29, 0.717) is 18.4 Å². The predicted molar refractivity (Wildman–Crippen MR) is 161 cm³/mol. The minimum atomic E-state index is -0.410. The molecule has 0 bridgehead atoms. The number of hydrogen-bond donors (Lipinski definition) is 0. The number of benzene rings is 1. The number of ether oxygens (including phenoxy) is 1. The Kier molecular flexibility index (Phi) is 9.73. The summed E-state index contributed by atoms with van der Waals surface area (Å²) in [5.74, 6) is 1.28. The lowest BCUT2D eigenvalue weighted by Gasteiger charge is -2.52. The molecule has 0 radical (unpaired) electrons. The number of piperidine rings is 2. The molecule has 3 heterocycles. The van der Waals surface area contributed by atoms with Crippen LogP contribution in [0.2, 0.25) is 0 Å². The first-order chi connectivity index (χ1) is 19.8. The van der Waals surface area contributed by atoms with Crippen LogP contribution in [0.4, 0.5) is 4.79 Å². The third-order valence-electron chi connectivity index (χ3n) is 10.6. The topological polar surface area (TPSA) is 70.2 Å². The van der Waals surface area contributed by atoms with Crippen LogP contribution in [0, 0.1) is 25.7 Å². The highest BCUT2D eigenvalue weighted by Gasteiger charge is 2.50. The van der Waals surface area contributed by atoms with Crippen molar-refractivity contribution < 1.29 is 19.1 Å². The molecule has 7 nitrogen and oxygen atoms in total. The van der Waals surface area contributed by atoms with Crippen LogP contribution < -0.4 is 0 Å². The van der Waals surface area contributed by atoms with Gasteiger partial charge in [0.15, 0.2) is 0 Å². The number of amides is 2. The fraction of sp³-hybridized carbons (Fsp3) is 0.735. The van der Waals surface area contributed by atoms with Crippen LogP contribution in [0.5, 0.6) is 0 Å². The van der Waals surface area contributed by atoms with Crippen molar-refractivity contribution >= 4 is 17.8 Å². The van der Waals surface area contributed by atoms with Gasteiger partial charge in [-0.2, -0.15) is 0 Å². The van der Waals surface area contributed by atoms with Crippen LogP contribution in [0.15, 0.2) is 18.2 Å². The van der Waals surface area contributed by atoms with E-state index in [1.165, 1.54) is 32.1 Å². The van der Waals surface area contributed by atoms with Crippen LogP contribution in [-0.4, -0.2) is 83.4 Å². The van der Waals surface area contributed by atoms with Gasteiger partial charge in [0.05, 0.1) is 0 Å². The molecule has 2 amide bonds. The second-order valence-electron chi connectivity index (χ2n) is 13.5. The second kappa shape index (κ2) is 13.3. The van der Waals surface area contributed by atoms with Crippen molar-refractivity contribution in [1.82, 2.24) is 14.7 Å². The van der Waals surface area contributed by atoms with Crippen LogP contribution in [0.1, 0.15) is 105 Å². The van der Waals surface area contributed by atoms with Crippen LogP contribution >= 0.6 is 0 Å². The van der Waals surface area contributed by atoms with E-state index >= 15 is 0 Å². The van der Waals surface area contributed by atoms with Gasteiger partial charge in [-0.3, -0.25) is 9.69 Å². The van der Waals surface area contributed by atoms with Crippen molar-refractivity contribution in [3.63, 3.8) is 0 Å². The average Bonchev–Trinajstić information content (AvgIpc) is 2.96. The summed E-state index contributed by atoms with van der Waals surface area (Å²) in [5, 5.41) is 0. The Morgan fingerprint density at radius 3 is 2.24 bits per heavy atom. The highest BCUT2D eigenvalue weighted by atomic mass is 16.6. The zero-order chi connectivity index (χ0) is 29.0. The molecule has 0 N–H and O–H groups in total. The number of hydrogen-bond acceptors (Lipinski definition) is 5. The molecule has 4 aliphatic rings. The molecule has 3 aliphatic heterocycles.